The highest BCUT2D eigenvalue weighted by Crippen LogP contribution is 2.28. The fourth-order valence-corrected chi connectivity index (χ4v) is 1.59. The molecule has 2 rings (SSSR count). The van der Waals surface area contributed by atoms with Gasteiger partial charge in [-0.25, -0.2) is 4.98 Å². The number of nitrogens with zero attached hydrogens (tertiary/aromatic N) is 2. The van der Waals surface area contributed by atoms with Crippen molar-refractivity contribution in [1.29, 1.82) is 0 Å². The number of primary amides is 1. The van der Waals surface area contributed by atoms with Gasteiger partial charge in [0.25, 0.3) is 11.9 Å². The second-order valence-corrected chi connectivity index (χ2v) is 3.26. The van der Waals surface area contributed by atoms with Crippen LogP contribution in [0.25, 0.3) is 10.9 Å². The summed E-state index contributed by atoms with van der Waals surface area (Å²) in [5, 5.41) is 10.9. The van der Waals surface area contributed by atoms with E-state index in [2.05, 4.69) is 4.98 Å². The fourth-order valence-electron chi connectivity index (χ4n) is 1.59. The van der Waals surface area contributed by atoms with Crippen molar-refractivity contribution < 1.29 is 14.1 Å². The number of amides is 1. The van der Waals surface area contributed by atoms with E-state index >= 15 is 0 Å². The topological polar surface area (TPSA) is 99.1 Å². The van der Waals surface area contributed by atoms with Crippen LogP contribution in [0, 0.1) is 16.1 Å². The third kappa shape index (κ3) is 1.67. The van der Waals surface area contributed by atoms with Gasteiger partial charge in [-0.05, 0) is 6.07 Å². The molecule has 0 saturated heterocycles. The number of aromatic nitrogens is 1. The zero-order chi connectivity index (χ0) is 12.6. The molecule has 0 bridgehead atoms. The number of rotatable bonds is 2. The van der Waals surface area contributed by atoms with E-state index in [4.69, 9.17) is 5.73 Å². The van der Waals surface area contributed by atoms with Crippen LogP contribution in [-0.2, 0) is 0 Å². The SMILES string of the molecule is NC(=O)c1c([N+](=O)[O-])c(F)nc2ccccc12. The minimum atomic E-state index is -1.32. The van der Waals surface area contributed by atoms with Gasteiger partial charge in [0.05, 0.1) is 10.4 Å². The monoisotopic (exact) mass is 235 g/mol. The quantitative estimate of drug-likeness (QED) is 0.482. The van der Waals surface area contributed by atoms with Crippen molar-refractivity contribution in [1.82, 2.24) is 4.98 Å². The van der Waals surface area contributed by atoms with Gasteiger partial charge in [-0.3, -0.25) is 14.9 Å². The summed E-state index contributed by atoms with van der Waals surface area (Å²) in [5.41, 5.74) is 3.74. The van der Waals surface area contributed by atoms with E-state index < -0.39 is 28.0 Å². The second kappa shape index (κ2) is 3.78. The maximum absolute atomic E-state index is 13.4. The van der Waals surface area contributed by atoms with Crippen molar-refractivity contribution in [2.24, 2.45) is 5.73 Å². The number of hydrogen-bond acceptors (Lipinski definition) is 4. The molecule has 0 saturated carbocycles. The number of fused-ring (bicyclic) bond motifs is 1. The highest BCUT2D eigenvalue weighted by atomic mass is 19.1. The predicted molar refractivity (Wildman–Crippen MR) is 56.9 cm³/mol. The van der Waals surface area contributed by atoms with Crippen LogP contribution in [0.15, 0.2) is 24.3 Å². The summed E-state index contributed by atoms with van der Waals surface area (Å²) in [7, 11) is 0. The molecular formula is C10H6FN3O3. The van der Waals surface area contributed by atoms with Crippen molar-refractivity contribution in [2.45, 2.75) is 0 Å². The van der Waals surface area contributed by atoms with Crippen LogP contribution in [0.2, 0.25) is 0 Å². The van der Waals surface area contributed by atoms with Gasteiger partial charge >= 0.3 is 5.69 Å². The van der Waals surface area contributed by atoms with E-state index in [0.717, 1.165) is 0 Å². The molecule has 0 unspecified atom stereocenters. The summed E-state index contributed by atoms with van der Waals surface area (Å²) >= 11 is 0. The van der Waals surface area contributed by atoms with Crippen LogP contribution in [0.4, 0.5) is 10.1 Å². The highest BCUT2D eigenvalue weighted by Gasteiger charge is 2.28. The molecule has 1 amide bonds. The molecule has 17 heavy (non-hydrogen) atoms. The molecular weight excluding hydrogens is 229 g/mol. The Balaban J connectivity index is 2.99. The summed E-state index contributed by atoms with van der Waals surface area (Å²) in [6, 6.07) is 5.99. The molecule has 0 fully saturated rings. The lowest BCUT2D eigenvalue weighted by molar-refractivity contribution is -0.388. The standard InChI is InChI=1S/C10H6FN3O3/c11-9-8(14(16)17)7(10(12)15)5-3-1-2-4-6(5)13-9/h1-4H,(H2,12,15). The summed E-state index contributed by atoms with van der Waals surface area (Å²) in [4.78, 5) is 24.3. The number of halogens is 1. The molecule has 6 nitrogen and oxygen atoms in total. The van der Waals surface area contributed by atoms with Gasteiger partial charge in [-0.2, -0.15) is 4.39 Å². The number of nitro groups is 1. The molecule has 7 heteroatoms. The Morgan fingerprint density at radius 2 is 2.06 bits per heavy atom. The third-order valence-electron chi connectivity index (χ3n) is 2.25. The third-order valence-corrected chi connectivity index (χ3v) is 2.25. The van der Waals surface area contributed by atoms with Crippen LogP contribution < -0.4 is 5.73 Å². The molecule has 0 aliphatic carbocycles. The molecule has 1 aromatic carbocycles. The minimum Gasteiger partial charge on any atom is -0.365 e. The molecule has 0 radical (unpaired) electrons. The smallest absolute Gasteiger partial charge is 0.337 e. The van der Waals surface area contributed by atoms with E-state index in [1.807, 2.05) is 0 Å². The maximum atomic E-state index is 13.4. The Morgan fingerprint density at radius 1 is 1.41 bits per heavy atom. The predicted octanol–water partition coefficient (Wildman–Crippen LogP) is 1.38. The largest absolute Gasteiger partial charge is 0.365 e. The number of carbonyl (C=O) groups is 1. The lowest BCUT2D eigenvalue weighted by Crippen LogP contribution is -2.16. The van der Waals surface area contributed by atoms with Gasteiger partial charge in [0, 0.05) is 5.39 Å². The molecule has 0 spiro atoms. The molecule has 86 valence electrons. The van der Waals surface area contributed by atoms with Crippen molar-refractivity contribution in [3.8, 4) is 0 Å². The summed E-state index contributed by atoms with van der Waals surface area (Å²) in [5.74, 6) is -2.38. The summed E-state index contributed by atoms with van der Waals surface area (Å²) in [6.07, 6.45) is 0. The fraction of sp³-hybridized carbons (Fsp3) is 0. The molecule has 2 aromatic rings. The van der Waals surface area contributed by atoms with Gasteiger partial charge in [0.15, 0.2) is 0 Å². The first-order chi connectivity index (χ1) is 8.02. The van der Waals surface area contributed by atoms with Gasteiger partial charge in [-0.1, -0.05) is 18.2 Å². The zero-order valence-electron chi connectivity index (χ0n) is 8.38. The Bertz CT molecular complexity index is 642. The Kier molecular flexibility index (Phi) is 2.43. The zero-order valence-corrected chi connectivity index (χ0v) is 8.38. The molecule has 2 N–H and O–H groups in total. The van der Waals surface area contributed by atoms with Crippen molar-refractivity contribution in [3.63, 3.8) is 0 Å². The lowest BCUT2D eigenvalue weighted by Gasteiger charge is -2.04. The van der Waals surface area contributed by atoms with Crippen LogP contribution >= 0.6 is 0 Å². The average molecular weight is 235 g/mol. The van der Waals surface area contributed by atoms with E-state index in [1.165, 1.54) is 12.1 Å². The first-order valence-corrected chi connectivity index (χ1v) is 4.55. The van der Waals surface area contributed by atoms with Crippen LogP contribution in [0.3, 0.4) is 0 Å². The highest BCUT2D eigenvalue weighted by molar-refractivity contribution is 6.08. The molecule has 1 aromatic heterocycles. The van der Waals surface area contributed by atoms with E-state index in [-0.39, 0.29) is 10.9 Å². The molecule has 1 heterocycles. The van der Waals surface area contributed by atoms with Crippen LogP contribution in [0.5, 0.6) is 0 Å². The lowest BCUT2D eigenvalue weighted by atomic mass is 10.1. The first kappa shape index (κ1) is 10.9. The Morgan fingerprint density at radius 3 is 2.65 bits per heavy atom. The van der Waals surface area contributed by atoms with Crippen molar-refractivity contribution in [3.05, 3.63) is 45.9 Å². The number of benzene rings is 1. The maximum Gasteiger partial charge on any atom is 0.337 e. The normalized spacial score (nSPS) is 10.4. The number of hydrogen-bond donors (Lipinski definition) is 1. The summed E-state index contributed by atoms with van der Waals surface area (Å²) < 4.78 is 13.4. The van der Waals surface area contributed by atoms with Crippen LogP contribution in [0.1, 0.15) is 10.4 Å². The first-order valence-electron chi connectivity index (χ1n) is 4.55. The summed E-state index contributed by atoms with van der Waals surface area (Å²) in [6.45, 7) is 0. The Labute approximate surface area is 94.0 Å². The number of para-hydroxylation sites is 1. The van der Waals surface area contributed by atoms with E-state index in [9.17, 15) is 19.3 Å². The van der Waals surface area contributed by atoms with E-state index in [0.29, 0.717) is 0 Å². The number of carbonyl (C=O) groups excluding carboxylic acids is 1. The Hall–Kier alpha value is -2.57. The average Bonchev–Trinajstić information content (AvgIpc) is 2.26. The molecule has 0 aliphatic rings. The second-order valence-electron chi connectivity index (χ2n) is 3.26. The number of pyridine rings is 1. The van der Waals surface area contributed by atoms with Gasteiger partial charge in [0.2, 0.25) is 0 Å². The van der Waals surface area contributed by atoms with E-state index in [1.54, 1.807) is 12.1 Å². The van der Waals surface area contributed by atoms with Crippen LogP contribution in [-0.4, -0.2) is 15.8 Å². The number of nitrogens with two attached hydrogens (primary N) is 1. The minimum absolute atomic E-state index is 0.143. The van der Waals surface area contributed by atoms with Gasteiger partial charge in [0.1, 0.15) is 5.56 Å². The molecule has 0 atom stereocenters. The van der Waals surface area contributed by atoms with Gasteiger partial charge < -0.3 is 5.73 Å². The van der Waals surface area contributed by atoms with Crippen molar-refractivity contribution in [2.75, 3.05) is 0 Å². The van der Waals surface area contributed by atoms with Crippen molar-refractivity contribution >= 4 is 22.5 Å². The molecule has 0 aliphatic heterocycles. The van der Waals surface area contributed by atoms with Gasteiger partial charge in [-0.15, -0.1) is 0 Å².